The zero-order valence-corrected chi connectivity index (χ0v) is 16.9. The van der Waals surface area contributed by atoms with Crippen LogP contribution in [0.4, 0.5) is 0 Å². The molecule has 24 heavy (non-hydrogen) atoms. The lowest BCUT2D eigenvalue weighted by molar-refractivity contribution is -0.108. The van der Waals surface area contributed by atoms with Crippen molar-refractivity contribution in [1.29, 1.82) is 0 Å². The van der Waals surface area contributed by atoms with Crippen LogP contribution in [0, 0.1) is 0 Å². The molecule has 139 valence electrons. The Bertz CT molecular complexity index is 301. The monoisotopic (exact) mass is 334 g/mol. The number of hydrogen-bond donors (Lipinski definition) is 0. The summed E-state index contributed by atoms with van der Waals surface area (Å²) in [6.07, 6.45) is 19.2. The second kappa shape index (κ2) is 17.3. The van der Waals surface area contributed by atoms with Gasteiger partial charge in [0.2, 0.25) is 7.28 Å². The van der Waals surface area contributed by atoms with Crippen LogP contribution in [0.25, 0.3) is 0 Å². The van der Waals surface area contributed by atoms with E-state index in [1.807, 2.05) is 27.5 Å². The highest BCUT2D eigenvalue weighted by atomic mass is 16.1. The van der Waals surface area contributed by atoms with Gasteiger partial charge in [-0.2, -0.15) is 0 Å². The van der Waals surface area contributed by atoms with Gasteiger partial charge in [0, 0.05) is 6.54 Å². The van der Waals surface area contributed by atoms with Gasteiger partial charge in [0.05, 0.1) is 0 Å². The maximum atomic E-state index is 12.1. The Morgan fingerprint density at radius 3 is 1.83 bits per heavy atom. The van der Waals surface area contributed by atoms with Crippen molar-refractivity contribution in [2.45, 2.75) is 96.7 Å². The fourth-order valence-corrected chi connectivity index (χ4v) is 3.00. The van der Waals surface area contributed by atoms with E-state index < -0.39 is 0 Å². The van der Waals surface area contributed by atoms with Crippen molar-refractivity contribution in [3.63, 3.8) is 0 Å². The van der Waals surface area contributed by atoms with Gasteiger partial charge < -0.3 is 9.69 Å². The summed E-state index contributed by atoms with van der Waals surface area (Å²) in [4.78, 5) is 14.2. The summed E-state index contributed by atoms with van der Waals surface area (Å²) in [5.74, 6) is 0.477. The van der Waals surface area contributed by atoms with Gasteiger partial charge in [0.25, 0.3) is 0 Å². The molecule has 0 aromatic rings. The van der Waals surface area contributed by atoms with Gasteiger partial charge >= 0.3 is 0 Å². The molecule has 0 aliphatic heterocycles. The third kappa shape index (κ3) is 16.3. The number of allylic oxidation sites excluding steroid dienone is 1. The molecule has 0 saturated heterocycles. The summed E-state index contributed by atoms with van der Waals surface area (Å²) >= 11 is 0. The quantitative estimate of drug-likeness (QED) is 0.189. The lowest BCUT2D eigenvalue weighted by Crippen LogP contribution is -2.15. The molecule has 0 amide bonds. The average molecular weight is 334 g/mol. The first-order valence-electron chi connectivity index (χ1n) is 10.3. The molecule has 0 aliphatic carbocycles. The number of unbranched alkanes of at least 4 members (excludes halogenated alkanes) is 8. The summed E-state index contributed by atoms with van der Waals surface area (Å²) < 4.78 is 0. The number of rotatable bonds is 17. The van der Waals surface area contributed by atoms with E-state index in [0.29, 0.717) is 5.82 Å². The maximum Gasteiger partial charge on any atom is 0.211 e. The van der Waals surface area contributed by atoms with Gasteiger partial charge in [0.1, 0.15) is 5.68 Å². The first kappa shape index (κ1) is 23.4. The molecule has 0 bridgehead atoms. The third-order valence-corrected chi connectivity index (χ3v) is 4.51. The van der Waals surface area contributed by atoms with E-state index in [-0.39, 0.29) is 5.68 Å². The second-order valence-electron chi connectivity index (χ2n) is 7.40. The fourth-order valence-electron chi connectivity index (χ4n) is 3.00. The van der Waals surface area contributed by atoms with E-state index >= 15 is 0 Å². The SMILES string of the molecule is CCCCCCCC([B]C(=O)/C=C/CN(C)C)CCCCCCC. The summed E-state index contributed by atoms with van der Waals surface area (Å²) in [7, 11) is 6.04. The van der Waals surface area contributed by atoms with Crippen LogP contribution in [0.15, 0.2) is 12.2 Å². The predicted octanol–water partition coefficient (Wildman–Crippen LogP) is 5.84. The molecule has 0 aliphatic rings. The zero-order chi connectivity index (χ0) is 18.0. The Balaban J connectivity index is 4.13. The van der Waals surface area contributed by atoms with Gasteiger partial charge in [-0.05, 0) is 20.2 Å². The van der Waals surface area contributed by atoms with Crippen LogP contribution in [0.5, 0.6) is 0 Å². The molecule has 3 heteroatoms. The van der Waals surface area contributed by atoms with Crippen LogP contribution in [0.1, 0.15) is 90.9 Å². The van der Waals surface area contributed by atoms with Gasteiger partial charge in [-0.3, -0.25) is 0 Å². The van der Waals surface area contributed by atoms with E-state index in [1.165, 1.54) is 77.0 Å². The van der Waals surface area contributed by atoms with Gasteiger partial charge in [-0.1, -0.05) is 103 Å². The minimum atomic E-state index is 0.198. The molecule has 0 aromatic heterocycles. The van der Waals surface area contributed by atoms with Crippen molar-refractivity contribution < 1.29 is 4.79 Å². The summed E-state index contributed by atoms with van der Waals surface area (Å²) in [6.45, 7) is 5.34. The zero-order valence-electron chi connectivity index (χ0n) is 16.9. The van der Waals surface area contributed by atoms with E-state index in [1.54, 1.807) is 6.08 Å². The summed E-state index contributed by atoms with van der Waals surface area (Å²) in [6, 6.07) is 0. The topological polar surface area (TPSA) is 20.3 Å². The van der Waals surface area contributed by atoms with Crippen molar-refractivity contribution in [2.75, 3.05) is 20.6 Å². The van der Waals surface area contributed by atoms with Gasteiger partial charge in [-0.25, -0.2) is 0 Å². The standard InChI is InChI=1S/C21H41BNO/c1-5-7-9-11-13-16-20(17-14-12-10-8-6-2)22-21(24)18-15-19-23(3)4/h15,18,20H,5-14,16-17,19H2,1-4H3/b18-15+. The molecule has 0 unspecified atom stereocenters. The molecule has 0 aromatic carbocycles. The van der Waals surface area contributed by atoms with Crippen LogP contribution >= 0.6 is 0 Å². The van der Waals surface area contributed by atoms with E-state index in [0.717, 1.165) is 6.54 Å². The lowest BCUT2D eigenvalue weighted by atomic mass is 9.57. The molecule has 0 spiro atoms. The summed E-state index contributed by atoms with van der Waals surface area (Å²) in [5, 5.41) is 0. The van der Waals surface area contributed by atoms with Crippen LogP contribution in [0.3, 0.4) is 0 Å². The highest BCUT2D eigenvalue weighted by Gasteiger charge is 2.14. The summed E-state index contributed by atoms with van der Waals surface area (Å²) in [5.41, 5.74) is 0.198. The first-order chi connectivity index (χ1) is 11.6. The lowest BCUT2D eigenvalue weighted by Gasteiger charge is -2.14. The molecular weight excluding hydrogens is 293 g/mol. The second-order valence-corrected chi connectivity index (χ2v) is 7.40. The van der Waals surface area contributed by atoms with Crippen molar-refractivity contribution in [3.8, 4) is 0 Å². The molecule has 0 N–H and O–H groups in total. The highest BCUT2D eigenvalue weighted by molar-refractivity contribution is 6.77. The Labute approximate surface area is 152 Å². The normalized spacial score (nSPS) is 11.8. The molecule has 2 nitrogen and oxygen atoms in total. The fraction of sp³-hybridized carbons (Fsp3) is 0.857. The molecule has 0 fully saturated rings. The largest absolute Gasteiger partial charge is 0.307 e. The Kier molecular flexibility index (Phi) is 16.9. The molecule has 1 radical (unpaired) electrons. The minimum absolute atomic E-state index is 0.198. The minimum Gasteiger partial charge on any atom is -0.307 e. The van der Waals surface area contributed by atoms with Crippen molar-refractivity contribution >= 4 is 13.0 Å². The maximum absolute atomic E-state index is 12.1. The van der Waals surface area contributed by atoms with Crippen LogP contribution in [-0.2, 0) is 4.79 Å². The van der Waals surface area contributed by atoms with Crippen LogP contribution in [0.2, 0.25) is 5.82 Å². The Hall–Kier alpha value is -0.565. The van der Waals surface area contributed by atoms with Crippen molar-refractivity contribution in [1.82, 2.24) is 4.90 Å². The van der Waals surface area contributed by atoms with E-state index in [2.05, 4.69) is 18.7 Å². The first-order valence-corrected chi connectivity index (χ1v) is 10.3. The van der Waals surface area contributed by atoms with Crippen LogP contribution < -0.4 is 0 Å². The average Bonchev–Trinajstić information content (AvgIpc) is 2.53. The number of likely N-dealkylation sites (N-methyl/N-ethyl adjacent to an activating group) is 1. The van der Waals surface area contributed by atoms with Gasteiger partial charge in [-0.15, -0.1) is 0 Å². The molecule has 0 saturated carbocycles. The van der Waals surface area contributed by atoms with Crippen LogP contribution in [-0.4, -0.2) is 38.5 Å². The predicted molar refractivity (Wildman–Crippen MR) is 109 cm³/mol. The van der Waals surface area contributed by atoms with E-state index in [4.69, 9.17) is 0 Å². The third-order valence-electron chi connectivity index (χ3n) is 4.51. The number of hydrogen-bond acceptors (Lipinski definition) is 2. The number of carbonyl (C=O) groups is 1. The Morgan fingerprint density at radius 2 is 1.38 bits per heavy atom. The van der Waals surface area contributed by atoms with Crippen molar-refractivity contribution in [2.24, 2.45) is 0 Å². The smallest absolute Gasteiger partial charge is 0.211 e. The number of carbonyl (C=O) groups excluding carboxylic acids is 1. The molecular formula is C21H41BNO. The highest BCUT2D eigenvalue weighted by Crippen LogP contribution is 2.23. The van der Waals surface area contributed by atoms with E-state index in [9.17, 15) is 4.79 Å². The molecule has 0 rings (SSSR count). The Morgan fingerprint density at radius 1 is 0.875 bits per heavy atom. The molecule has 0 heterocycles. The van der Waals surface area contributed by atoms with Crippen molar-refractivity contribution in [3.05, 3.63) is 12.2 Å². The number of nitrogens with zero attached hydrogens (tertiary/aromatic N) is 1. The molecule has 0 atom stereocenters. The van der Waals surface area contributed by atoms with Gasteiger partial charge in [0.15, 0.2) is 0 Å².